The number of rotatable bonds is 6. The van der Waals surface area contributed by atoms with Crippen LogP contribution in [-0.2, 0) is 11.3 Å². The molecule has 1 fully saturated rings. The van der Waals surface area contributed by atoms with E-state index in [1.54, 1.807) is 0 Å². The number of aromatic amines is 1. The number of benzene rings is 1. The van der Waals surface area contributed by atoms with Crippen molar-refractivity contribution in [3.8, 4) is 11.4 Å². The summed E-state index contributed by atoms with van der Waals surface area (Å²) < 4.78 is 1.02. The molecule has 3 rings (SSSR count). The quantitative estimate of drug-likeness (QED) is 0.660. The van der Waals surface area contributed by atoms with Crippen LogP contribution in [0.2, 0.25) is 0 Å². The van der Waals surface area contributed by atoms with Crippen LogP contribution in [0.1, 0.15) is 31.5 Å². The summed E-state index contributed by atoms with van der Waals surface area (Å²) in [7, 11) is 0. The van der Waals surface area contributed by atoms with E-state index in [0.29, 0.717) is 30.5 Å². The number of nitrogens with one attached hydrogen (secondary N) is 3. The summed E-state index contributed by atoms with van der Waals surface area (Å²) in [4.78, 5) is 16.4. The summed E-state index contributed by atoms with van der Waals surface area (Å²) in [6.45, 7) is 2.53. The van der Waals surface area contributed by atoms with Gasteiger partial charge in [0.1, 0.15) is 5.82 Å². The first-order valence-electron chi connectivity index (χ1n) is 8.35. The van der Waals surface area contributed by atoms with Crippen LogP contribution in [-0.4, -0.2) is 34.2 Å². The maximum Gasteiger partial charge on any atom is 0.220 e. The van der Waals surface area contributed by atoms with Crippen LogP contribution in [0, 0.1) is 5.92 Å². The second-order valence-corrected chi connectivity index (χ2v) is 7.04. The standard InChI is InChI=1S/C17H22BrN5O.ClH/c18-14-4-2-13(3-5-14)17-21-15(22-23-17)11-20-16(24)6-1-12-7-9-19-10-8-12;/h2-5,12,19H,1,6-11H2,(H,20,24)(H,21,22,23);1H. The molecule has 2 heterocycles. The van der Waals surface area contributed by atoms with Gasteiger partial charge in [-0.05, 0) is 50.4 Å². The molecule has 0 unspecified atom stereocenters. The minimum Gasteiger partial charge on any atom is -0.349 e. The lowest BCUT2D eigenvalue weighted by Gasteiger charge is -2.22. The van der Waals surface area contributed by atoms with Crippen molar-refractivity contribution in [3.63, 3.8) is 0 Å². The Kier molecular flexibility index (Phi) is 7.87. The molecule has 1 aliphatic heterocycles. The van der Waals surface area contributed by atoms with Crippen LogP contribution in [0.5, 0.6) is 0 Å². The van der Waals surface area contributed by atoms with E-state index in [-0.39, 0.29) is 18.3 Å². The Morgan fingerprint density at radius 2 is 1.96 bits per heavy atom. The lowest BCUT2D eigenvalue weighted by molar-refractivity contribution is -0.121. The predicted octanol–water partition coefficient (Wildman–Crippen LogP) is 3.05. The monoisotopic (exact) mass is 427 g/mol. The van der Waals surface area contributed by atoms with Crippen LogP contribution < -0.4 is 10.6 Å². The molecule has 1 aliphatic rings. The number of H-pyrrole nitrogens is 1. The predicted molar refractivity (Wildman–Crippen MR) is 103 cm³/mol. The van der Waals surface area contributed by atoms with E-state index in [2.05, 4.69) is 41.7 Å². The summed E-state index contributed by atoms with van der Waals surface area (Å²) in [5.74, 6) is 2.06. The number of carbonyl (C=O) groups excluding carboxylic acids is 1. The van der Waals surface area contributed by atoms with E-state index in [1.807, 2.05) is 24.3 Å². The van der Waals surface area contributed by atoms with E-state index >= 15 is 0 Å². The van der Waals surface area contributed by atoms with Crippen molar-refractivity contribution in [3.05, 3.63) is 34.6 Å². The van der Waals surface area contributed by atoms with Crippen molar-refractivity contribution in [2.45, 2.75) is 32.2 Å². The smallest absolute Gasteiger partial charge is 0.220 e. The lowest BCUT2D eigenvalue weighted by atomic mass is 9.93. The Balaban J connectivity index is 0.00000225. The number of aromatic nitrogens is 3. The van der Waals surface area contributed by atoms with Gasteiger partial charge in [0.15, 0.2) is 5.82 Å². The topological polar surface area (TPSA) is 82.7 Å². The molecule has 3 N–H and O–H groups in total. The molecule has 1 saturated heterocycles. The van der Waals surface area contributed by atoms with Crippen molar-refractivity contribution in [1.82, 2.24) is 25.8 Å². The molecule has 6 nitrogen and oxygen atoms in total. The van der Waals surface area contributed by atoms with Crippen molar-refractivity contribution in [1.29, 1.82) is 0 Å². The summed E-state index contributed by atoms with van der Waals surface area (Å²) in [6, 6.07) is 7.81. The molecule has 136 valence electrons. The van der Waals surface area contributed by atoms with E-state index in [9.17, 15) is 4.79 Å². The molecule has 0 saturated carbocycles. The van der Waals surface area contributed by atoms with Gasteiger partial charge in [-0.25, -0.2) is 4.98 Å². The Bertz CT molecular complexity index is 670. The minimum absolute atomic E-state index is 0. The number of hydrogen-bond acceptors (Lipinski definition) is 4. The number of hydrogen-bond donors (Lipinski definition) is 3. The number of halogens is 2. The van der Waals surface area contributed by atoms with Gasteiger partial charge in [-0.2, -0.15) is 5.10 Å². The molecule has 0 radical (unpaired) electrons. The Hall–Kier alpha value is -1.44. The molecule has 25 heavy (non-hydrogen) atoms. The Labute approximate surface area is 162 Å². The largest absolute Gasteiger partial charge is 0.349 e. The van der Waals surface area contributed by atoms with Crippen LogP contribution >= 0.6 is 28.3 Å². The van der Waals surface area contributed by atoms with Gasteiger partial charge in [-0.15, -0.1) is 12.4 Å². The van der Waals surface area contributed by atoms with Crippen LogP contribution in [0.3, 0.4) is 0 Å². The normalized spacial score (nSPS) is 14.8. The fraction of sp³-hybridized carbons (Fsp3) is 0.471. The van der Waals surface area contributed by atoms with Gasteiger partial charge >= 0.3 is 0 Å². The average Bonchev–Trinajstić information content (AvgIpc) is 3.09. The van der Waals surface area contributed by atoms with Crippen LogP contribution in [0.25, 0.3) is 11.4 Å². The van der Waals surface area contributed by atoms with E-state index < -0.39 is 0 Å². The molecule has 8 heteroatoms. The molecule has 0 aliphatic carbocycles. The highest BCUT2D eigenvalue weighted by Crippen LogP contribution is 2.19. The molecule has 0 atom stereocenters. The van der Waals surface area contributed by atoms with Crippen LogP contribution in [0.4, 0.5) is 0 Å². The summed E-state index contributed by atoms with van der Waals surface area (Å²) in [5.41, 5.74) is 0.943. The highest BCUT2D eigenvalue weighted by atomic mass is 79.9. The van der Waals surface area contributed by atoms with E-state index in [0.717, 1.165) is 29.5 Å². The molecule has 1 amide bonds. The zero-order valence-electron chi connectivity index (χ0n) is 13.9. The Morgan fingerprint density at radius 3 is 2.68 bits per heavy atom. The van der Waals surface area contributed by atoms with Gasteiger partial charge < -0.3 is 10.6 Å². The third-order valence-electron chi connectivity index (χ3n) is 4.33. The number of amides is 1. The first-order valence-corrected chi connectivity index (χ1v) is 9.14. The van der Waals surface area contributed by atoms with Gasteiger partial charge in [0.05, 0.1) is 6.54 Å². The lowest BCUT2D eigenvalue weighted by Crippen LogP contribution is -2.29. The second-order valence-electron chi connectivity index (χ2n) is 6.12. The number of piperidine rings is 1. The van der Waals surface area contributed by atoms with Gasteiger partial charge in [0, 0.05) is 16.5 Å². The van der Waals surface area contributed by atoms with Gasteiger partial charge in [-0.3, -0.25) is 9.89 Å². The molecular weight excluding hydrogens is 406 g/mol. The third kappa shape index (κ3) is 6.09. The maximum absolute atomic E-state index is 12.0. The van der Waals surface area contributed by atoms with Crippen LogP contribution in [0.15, 0.2) is 28.7 Å². The zero-order valence-corrected chi connectivity index (χ0v) is 16.3. The molecule has 0 bridgehead atoms. The third-order valence-corrected chi connectivity index (χ3v) is 4.85. The highest BCUT2D eigenvalue weighted by Gasteiger charge is 2.14. The second kappa shape index (κ2) is 9.89. The first kappa shape index (κ1) is 19.9. The number of carbonyl (C=O) groups is 1. The molecule has 2 aromatic rings. The molecule has 1 aromatic heterocycles. The van der Waals surface area contributed by atoms with Crippen molar-refractivity contribution in [2.75, 3.05) is 13.1 Å². The van der Waals surface area contributed by atoms with Crippen molar-refractivity contribution < 1.29 is 4.79 Å². The van der Waals surface area contributed by atoms with Crippen molar-refractivity contribution in [2.24, 2.45) is 5.92 Å². The number of nitrogens with zero attached hydrogens (tertiary/aromatic N) is 2. The van der Waals surface area contributed by atoms with Gasteiger partial charge in [0.2, 0.25) is 5.91 Å². The fourth-order valence-corrected chi connectivity index (χ4v) is 3.14. The molecule has 1 aromatic carbocycles. The highest BCUT2D eigenvalue weighted by molar-refractivity contribution is 9.10. The minimum atomic E-state index is 0. The summed E-state index contributed by atoms with van der Waals surface area (Å²) in [5, 5.41) is 13.3. The SMILES string of the molecule is Cl.O=C(CCC1CCNCC1)NCc1nc(-c2ccc(Br)cc2)n[nH]1. The summed E-state index contributed by atoms with van der Waals surface area (Å²) in [6.07, 6.45) is 3.89. The average molecular weight is 429 g/mol. The fourth-order valence-electron chi connectivity index (χ4n) is 2.88. The first-order chi connectivity index (χ1) is 11.7. The molecule has 0 spiro atoms. The Morgan fingerprint density at radius 1 is 1.24 bits per heavy atom. The van der Waals surface area contributed by atoms with Crippen molar-refractivity contribution >= 4 is 34.2 Å². The zero-order chi connectivity index (χ0) is 16.8. The van der Waals surface area contributed by atoms with E-state index in [4.69, 9.17) is 0 Å². The summed E-state index contributed by atoms with van der Waals surface area (Å²) >= 11 is 3.41. The maximum atomic E-state index is 12.0. The van der Waals surface area contributed by atoms with E-state index in [1.165, 1.54) is 12.8 Å². The van der Waals surface area contributed by atoms with Gasteiger partial charge in [-0.1, -0.05) is 28.1 Å². The van der Waals surface area contributed by atoms with Gasteiger partial charge in [0.25, 0.3) is 0 Å². The molecular formula is C17H23BrClN5O.